The van der Waals surface area contributed by atoms with E-state index in [-0.39, 0.29) is 17.9 Å². The lowest BCUT2D eigenvalue weighted by Crippen LogP contribution is -2.39. The van der Waals surface area contributed by atoms with E-state index in [1.807, 2.05) is 30.3 Å². The van der Waals surface area contributed by atoms with E-state index in [9.17, 15) is 14.4 Å². The summed E-state index contributed by atoms with van der Waals surface area (Å²) < 4.78 is 19.3. The molecule has 0 fully saturated rings. The summed E-state index contributed by atoms with van der Waals surface area (Å²) in [6, 6.07) is 15.4. The molecule has 0 bridgehead atoms. The van der Waals surface area contributed by atoms with Crippen LogP contribution in [-0.2, 0) is 9.53 Å². The van der Waals surface area contributed by atoms with E-state index in [2.05, 4.69) is 20.9 Å². The Hall–Kier alpha value is -4.02. The lowest BCUT2D eigenvalue weighted by atomic mass is 9.96. The number of furan rings is 1. The molecule has 2 aromatic heterocycles. The van der Waals surface area contributed by atoms with Crippen molar-refractivity contribution in [2.75, 3.05) is 13.7 Å². The summed E-state index contributed by atoms with van der Waals surface area (Å²) in [7, 11) is 1.57. The summed E-state index contributed by atoms with van der Waals surface area (Å²) in [4.78, 5) is 43.6. The smallest absolute Gasteiger partial charge is 0.338 e. The SMILES string of the molecule is CCOC(=O)C1=C(C)N=c2s/c(=C\c3ccc(-c4ccc(C(C)=O)cc4)o3)c(=O)n2[C@H]1c1ccc(OC)c(Br)c1. The minimum absolute atomic E-state index is 0.0105. The Balaban J connectivity index is 1.61. The van der Waals surface area contributed by atoms with Crippen LogP contribution in [0.5, 0.6) is 5.75 Å². The number of carbonyl (C=O) groups is 2. The molecule has 8 nitrogen and oxygen atoms in total. The predicted octanol–water partition coefficient (Wildman–Crippen LogP) is 5.03. The van der Waals surface area contributed by atoms with Gasteiger partial charge in [-0.15, -0.1) is 0 Å². The summed E-state index contributed by atoms with van der Waals surface area (Å²) in [5.74, 6) is 1.18. The lowest BCUT2D eigenvalue weighted by molar-refractivity contribution is -0.139. The molecule has 0 amide bonds. The van der Waals surface area contributed by atoms with Crippen molar-refractivity contribution >= 4 is 45.1 Å². The van der Waals surface area contributed by atoms with Crippen molar-refractivity contribution in [3.63, 3.8) is 0 Å². The van der Waals surface area contributed by atoms with Gasteiger partial charge in [0.2, 0.25) is 0 Å². The van der Waals surface area contributed by atoms with Crippen LogP contribution < -0.4 is 19.6 Å². The Labute approximate surface area is 242 Å². The van der Waals surface area contributed by atoms with Crippen molar-refractivity contribution in [2.45, 2.75) is 26.8 Å². The molecule has 0 saturated carbocycles. The van der Waals surface area contributed by atoms with Crippen LogP contribution in [0.15, 0.2) is 84.5 Å². The molecular weight excluding hydrogens is 596 g/mol. The molecular formula is C30H25BrN2O6S. The third-order valence-corrected chi connectivity index (χ3v) is 8.09. The van der Waals surface area contributed by atoms with Crippen molar-refractivity contribution in [3.05, 3.63) is 107 Å². The fraction of sp³-hybridized carbons (Fsp3) is 0.200. The summed E-state index contributed by atoms with van der Waals surface area (Å²) >= 11 is 4.73. The van der Waals surface area contributed by atoms with Gasteiger partial charge in [0, 0.05) is 17.2 Å². The topological polar surface area (TPSA) is 100 Å². The van der Waals surface area contributed by atoms with Crippen LogP contribution in [0, 0.1) is 0 Å². The van der Waals surface area contributed by atoms with E-state index >= 15 is 0 Å². The summed E-state index contributed by atoms with van der Waals surface area (Å²) in [5, 5.41) is 0. The van der Waals surface area contributed by atoms with Gasteiger partial charge in [-0.1, -0.05) is 41.7 Å². The van der Waals surface area contributed by atoms with Crippen molar-refractivity contribution in [2.24, 2.45) is 4.99 Å². The monoisotopic (exact) mass is 620 g/mol. The molecule has 1 aliphatic rings. The Kier molecular flexibility index (Phi) is 7.73. The highest BCUT2D eigenvalue weighted by Gasteiger charge is 2.33. The van der Waals surface area contributed by atoms with Gasteiger partial charge in [0.05, 0.1) is 40.0 Å². The average molecular weight is 622 g/mol. The number of ether oxygens (including phenoxy) is 2. The zero-order valence-corrected chi connectivity index (χ0v) is 24.6. The fourth-order valence-electron chi connectivity index (χ4n) is 4.54. The van der Waals surface area contributed by atoms with Gasteiger partial charge in [-0.2, -0.15) is 0 Å². The molecule has 0 radical (unpaired) electrons. The number of carbonyl (C=O) groups excluding carboxylic acids is 2. The molecule has 0 saturated heterocycles. The maximum atomic E-state index is 13.8. The Morgan fingerprint density at radius 1 is 1.15 bits per heavy atom. The van der Waals surface area contributed by atoms with Crippen LogP contribution in [0.2, 0.25) is 0 Å². The molecule has 4 aromatic rings. The van der Waals surface area contributed by atoms with Crippen LogP contribution in [0.1, 0.15) is 48.5 Å². The van der Waals surface area contributed by atoms with E-state index in [1.54, 1.807) is 51.3 Å². The maximum Gasteiger partial charge on any atom is 0.338 e. The van der Waals surface area contributed by atoms with Crippen molar-refractivity contribution in [3.8, 4) is 17.1 Å². The van der Waals surface area contributed by atoms with Crippen LogP contribution in [-0.4, -0.2) is 30.0 Å². The summed E-state index contributed by atoms with van der Waals surface area (Å²) in [6.07, 6.45) is 1.67. The first-order chi connectivity index (χ1) is 19.2. The van der Waals surface area contributed by atoms with Crippen LogP contribution in [0.4, 0.5) is 0 Å². The molecule has 0 unspecified atom stereocenters. The number of allylic oxidation sites excluding steroid dienone is 1. The molecule has 204 valence electrons. The van der Waals surface area contributed by atoms with Gasteiger partial charge in [0.15, 0.2) is 10.6 Å². The van der Waals surface area contributed by atoms with E-state index < -0.39 is 12.0 Å². The molecule has 0 N–H and O–H groups in total. The second kappa shape index (κ2) is 11.2. The zero-order chi connectivity index (χ0) is 28.6. The minimum atomic E-state index is -0.744. The fourth-order valence-corrected chi connectivity index (χ4v) is 6.13. The quantitative estimate of drug-likeness (QED) is 0.212. The van der Waals surface area contributed by atoms with Crippen molar-refractivity contribution < 1.29 is 23.5 Å². The molecule has 3 heterocycles. The third-order valence-electron chi connectivity index (χ3n) is 6.48. The van der Waals surface area contributed by atoms with Crippen LogP contribution in [0.25, 0.3) is 17.4 Å². The number of hydrogen-bond donors (Lipinski definition) is 0. The van der Waals surface area contributed by atoms with Gasteiger partial charge in [-0.05, 0) is 66.5 Å². The van der Waals surface area contributed by atoms with Crippen molar-refractivity contribution in [1.82, 2.24) is 4.57 Å². The number of ketones is 1. The van der Waals surface area contributed by atoms with E-state index in [0.29, 0.717) is 53.5 Å². The maximum absolute atomic E-state index is 13.8. The highest BCUT2D eigenvalue weighted by molar-refractivity contribution is 9.10. The number of aromatic nitrogens is 1. The average Bonchev–Trinajstić information content (AvgIpc) is 3.52. The molecule has 1 aliphatic heterocycles. The predicted molar refractivity (Wildman–Crippen MR) is 155 cm³/mol. The second-order valence-electron chi connectivity index (χ2n) is 9.03. The Morgan fingerprint density at radius 3 is 2.55 bits per heavy atom. The number of Topliss-reactive ketones (excluding diaryl/α,β-unsaturated/α-hetero) is 1. The summed E-state index contributed by atoms with van der Waals surface area (Å²) in [6.45, 7) is 5.19. The number of methoxy groups -OCH3 is 1. The highest BCUT2D eigenvalue weighted by atomic mass is 79.9. The Morgan fingerprint density at radius 2 is 1.90 bits per heavy atom. The first kappa shape index (κ1) is 27.5. The standard InChI is InChI=1S/C30H25BrN2O6S/c1-5-38-29(36)26-16(2)32-30-33(27(26)20-10-12-24(37-4)22(31)14-20)28(35)25(40-30)15-21-11-13-23(39-21)19-8-6-18(7-9-19)17(3)34/h6-15,27H,5H2,1-4H3/b25-15-/t27-/m0/s1. The number of nitrogens with zero attached hydrogens (tertiary/aromatic N) is 2. The van der Waals surface area contributed by atoms with E-state index in [4.69, 9.17) is 13.9 Å². The molecule has 5 rings (SSSR count). The van der Waals surface area contributed by atoms with Gasteiger partial charge < -0.3 is 13.9 Å². The number of fused-ring (bicyclic) bond motifs is 1. The number of benzene rings is 2. The van der Waals surface area contributed by atoms with Gasteiger partial charge >= 0.3 is 5.97 Å². The summed E-state index contributed by atoms with van der Waals surface area (Å²) in [5.41, 5.74) is 2.61. The molecule has 0 aliphatic carbocycles. The molecule has 2 aromatic carbocycles. The van der Waals surface area contributed by atoms with Gasteiger partial charge in [-0.3, -0.25) is 14.2 Å². The molecule has 0 spiro atoms. The first-order valence-electron chi connectivity index (χ1n) is 12.5. The lowest BCUT2D eigenvalue weighted by Gasteiger charge is -2.25. The Bertz CT molecular complexity index is 1850. The molecule has 10 heteroatoms. The van der Waals surface area contributed by atoms with E-state index in [1.165, 1.54) is 22.8 Å². The largest absolute Gasteiger partial charge is 0.496 e. The van der Waals surface area contributed by atoms with Gasteiger partial charge in [0.1, 0.15) is 17.3 Å². The normalized spacial score (nSPS) is 15.0. The number of thiazole rings is 1. The molecule has 1 atom stereocenters. The first-order valence-corrected chi connectivity index (χ1v) is 14.1. The molecule has 40 heavy (non-hydrogen) atoms. The number of hydrogen-bond acceptors (Lipinski definition) is 8. The van der Waals surface area contributed by atoms with Crippen LogP contribution in [0.3, 0.4) is 0 Å². The second-order valence-corrected chi connectivity index (χ2v) is 10.9. The highest BCUT2D eigenvalue weighted by Crippen LogP contribution is 2.35. The van der Waals surface area contributed by atoms with Gasteiger partial charge in [-0.25, -0.2) is 9.79 Å². The minimum Gasteiger partial charge on any atom is -0.496 e. The zero-order valence-electron chi connectivity index (χ0n) is 22.2. The third kappa shape index (κ3) is 5.12. The van der Waals surface area contributed by atoms with E-state index in [0.717, 1.165) is 5.56 Å². The number of rotatable bonds is 7. The number of esters is 1. The number of halogens is 1. The van der Waals surface area contributed by atoms with Gasteiger partial charge in [0.25, 0.3) is 5.56 Å². The van der Waals surface area contributed by atoms with Crippen molar-refractivity contribution in [1.29, 1.82) is 0 Å². The van der Waals surface area contributed by atoms with Crippen LogP contribution >= 0.6 is 27.3 Å².